The highest BCUT2D eigenvalue weighted by Gasteiger charge is 2.24. The van der Waals surface area contributed by atoms with Crippen molar-refractivity contribution in [2.24, 2.45) is 0 Å². The van der Waals surface area contributed by atoms with E-state index in [0.29, 0.717) is 16.7 Å². The van der Waals surface area contributed by atoms with E-state index >= 15 is 0 Å². The highest BCUT2D eigenvalue weighted by Crippen LogP contribution is 2.27. The van der Waals surface area contributed by atoms with Crippen molar-refractivity contribution < 1.29 is 13.2 Å². The fraction of sp³-hybridized carbons (Fsp3) is 0.235. The standard InChI is InChI=1S/C17H19BrN2O3S/c1-19(12-14-8-4-3-5-9-14)17(21)13-20(24(2,22)23)16-11-7-6-10-15(16)18/h3-11H,12-13H2,1-2H3. The van der Waals surface area contributed by atoms with Gasteiger partial charge in [0.05, 0.1) is 11.9 Å². The Labute approximate surface area is 151 Å². The number of anilines is 1. The first-order valence-electron chi connectivity index (χ1n) is 7.29. The maximum atomic E-state index is 12.5. The molecule has 0 aromatic heterocycles. The summed E-state index contributed by atoms with van der Waals surface area (Å²) in [6.45, 7) is 0.179. The van der Waals surface area contributed by atoms with E-state index in [0.717, 1.165) is 16.1 Å². The number of likely N-dealkylation sites (N-methyl/N-ethyl adjacent to an activating group) is 1. The van der Waals surface area contributed by atoms with Crippen LogP contribution in [0.1, 0.15) is 5.56 Å². The quantitative estimate of drug-likeness (QED) is 0.735. The first-order chi connectivity index (χ1) is 11.3. The summed E-state index contributed by atoms with van der Waals surface area (Å²) in [6.07, 6.45) is 1.09. The van der Waals surface area contributed by atoms with Crippen LogP contribution in [0.15, 0.2) is 59.1 Å². The van der Waals surface area contributed by atoms with Crippen molar-refractivity contribution in [1.82, 2.24) is 4.90 Å². The van der Waals surface area contributed by atoms with Gasteiger partial charge in [0, 0.05) is 18.1 Å². The Morgan fingerprint density at radius 2 is 1.62 bits per heavy atom. The third-order valence-electron chi connectivity index (χ3n) is 3.49. The van der Waals surface area contributed by atoms with Gasteiger partial charge in [-0.25, -0.2) is 8.42 Å². The van der Waals surface area contributed by atoms with Gasteiger partial charge in [0.15, 0.2) is 0 Å². The van der Waals surface area contributed by atoms with E-state index in [9.17, 15) is 13.2 Å². The molecule has 7 heteroatoms. The van der Waals surface area contributed by atoms with E-state index in [1.165, 1.54) is 4.90 Å². The maximum Gasteiger partial charge on any atom is 0.243 e. The molecule has 5 nitrogen and oxygen atoms in total. The summed E-state index contributed by atoms with van der Waals surface area (Å²) in [7, 11) is -1.92. The number of amides is 1. The molecule has 0 atom stereocenters. The van der Waals surface area contributed by atoms with Gasteiger partial charge in [-0.15, -0.1) is 0 Å². The molecule has 2 aromatic carbocycles. The van der Waals surface area contributed by atoms with E-state index in [4.69, 9.17) is 0 Å². The van der Waals surface area contributed by atoms with Gasteiger partial charge in [-0.05, 0) is 33.6 Å². The minimum atomic E-state index is -3.59. The van der Waals surface area contributed by atoms with Gasteiger partial charge in [0.2, 0.25) is 15.9 Å². The first kappa shape index (κ1) is 18.5. The molecule has 2 rings (SSSR count). The predicted octanol–water partition coefficient (Wildman–Crippen LogP) is 2.87. The molecule has 0 bridgehead atoms. The van der Waals surface area contributed by atoms with Crippen molar-refractivity contribution in [3.05, 3.63) is 64.6 Å². The first-order valence-corrected chi connectivity index (χ1v) is 9.93. The normalized spacial score (nSPS) is 11.1. The van der Waals surface area contributed by atoms with Crippen LogP contribution in [0, 0.1) is 0 Å². The van der Waals surface area contributed by atoms with Crippen LogP contribution in [0.2, 0.25) is 0 Å². The fourth-order valence-corrected chi connectivity index (χ4v) is 3.70. The molecule has 2 aromatic rings. The van der Waals surface area contributed by atoms with Crippen molar-refractivity contribution in [3.8, 4) is 0 Å². The SMILES string of the molecule is CN(Cc1ccccc1)C(=O)CN(c1ccccc1Br)S(C)(=O)=O. The lowest BCUT2D eigenvalue weighted by Gasteiger charge is -2.26. The van der Waals surface area contributed by atoms with E-state index in [-0.39, 0.29) is 12.5 Å². The molecular formula is C17H19BrN2O3S. The highest BCUT2D eigenvalue weighted by molar-refractivity contribution is 9.10. The van der Waals surface area contributed by atoms with Gasteiger partial charge in [-0.2, -0.15) is 0 Å². The monoisotopic (exact) mass is 410 g/mol. The number of rotatable bonds is 6. The van der Waals surface area contributed by atoms with Crippen LogP contribution in [-0.4, -0.2) is 39.1 Å². The number of carbonyl (C=O) groups is 1. The van der Waals surface area contributed by atoms with Gasteiger partial charge < -0.3 is 4.90 Å². The second kappa shape index (κ2) is 7.81. The average molecular weight is 411 g/mol. The maximum absolute atomic E-state index is 12.5. The third kappa shape index (κ3) is 4.82. The summed E-state index contributed by atoms with van der Waals surface area (Å²) in [5.74, 6) is -0.278. The number of carbonyl (C=O) groups excluding carboxylic acids is 1. The molecule has 0 spiro atoms. The highest BCUT2D eigenvalue weighted by atomic mass is 79.9. The molecule has 0 heterocycles. The van der Waals surface area contributed by atoms with Crippen LogP contribution in [0.4, 0.5) is 5.69 Å². The summed E-state index contributed by atoms with van der Waals surface area (Å²) in [5, 5.41) is 0. The number of halogens is 1. The van der Waals surface area contributed by atoms with Gasteiger partial charge in [-0.3, -0.25) is 9.10 Å². The Morgan fingerprint density at radius 3 is 2.21 bits per heavy atom. The second-order valence-corrected chi connectivity index (χ2v) is 8.22. The zero-order valence-corrected chi connectivity index (χ0v) is 15.9. The van der Waals surface area contributed by atoms with E-state index in [1.807, 2.05) is 30.3 Å². The van der Waals surface area contributed by atoms with Crippen molar-refractivity contribution >= 4 is 37.5 Å². The Morgan fingerprint density at radius 1 is 1.04 bits per heavy atom. The van der Waals surface area contributed by atoms with Crippen LogP contribution < -0.4 is 4.31 Å². The van der Waals surface area contributed by atoms with Crippen LogP contribution in [-0.2, 0) is 21.4 Å². The van der Waals surface area contributed by atoms with E-state index < -0.39 is 10.0 Å². The summed E-state index contributed by atoms with van der Waals surface area (Å²) >= 11 is 3.34. The van der Waals surface area contributed by atoms with Gasteiger partial charge in [-0.1, -0.05) is 42.5 Å². The summed E-state index contributed by atoms with van der Waals surface area (Å²) in [4.78, 5) is 14.0. The molecule has 0 saturated carbocycles. The molecule has 24 heavy (non-hydrogen) atoms. The number of nitrogens with zero attached hydrogens (tertiary/aromatic N) is 2. The molecule has 0 radical (unpaired) electrons. The fourth-order valence-electron chi connectivity index (χ4n) is 2.22. The van der Waals surface area contributed by atoms with Gasteiger partial charge in [0.25, 0.3) is 0 Å². The van der Waals surface area contributed by atoms with Crippen molar-refractivity contribution in [2.45, 2.75) is 6.54 Å². The lowest BCUT2D eigenvalue weighted by molar-refractivity contribution is -0.128. The number of sulfonamides is 1. The smallest absolute Gasteiger partial charge is 0.243 e. The molecule has 0 saturated heterocycles. The minimum Gasteiger partial charge on any atom is -0.340 e. The number of benzene rings is 2. The Kier molecular flexibility index (Phi) is 6.01. The van der Waals surface area contributed by atoms with Gasteiger partial charge >= 0.3 is 0 Å². The minimum absolute atomic E-state index is 0.245. The van der Waals surface area contributed by atoms with Crippen LogP contribution in [0.5, 0.6) is 0 Å². The van der Waals surface area contributed by atoms with Gasteiger partial charge in [0.1, 0.15) is 6.54 Å². The Hall–Kier alpha value is -1.86. The average Bonchev–Trinajstić information content (AvgIpc) is 2.53. The largest absolute Gasteiger partial charge is 0.340 e. The Balaban J connectivity index is 2.18. The summed E-state index contributed by atoms with van der Waals surface area (Å²) in [6, 6.07) is 16.5. The third-order valence-corrected chi connectivity index (χ3v) is 5.29. The zero-order valence-electron chi connectivity index (χ0n) is 13.5. The van der Waals surface area contributed by atoms with Crippen molar-refractivity contribution in [3.63, 3.8) is 0 Å². The van der Waals surface area contributed by atoms with Crippen LogP contribution in [0.3, 0.4) is 0 Å². The number of hydrogen-bond acceptors (Lipinski definition) is 3. The number of hydrogen-bond donors (Lipinski definition) is 0. The van der Waals surface area contributed by atoms with Crippen molar-refractivity contribution in [2.75, 3.05) is 24.2 Å². The molecule has 0 fully saturated rings. The lowest BCUT2D eigenvalue weighted by atomic mass is 10.2. The zero-order chi connectivity index (χ0) is 17.7. The second-order valence-electron chi connectivity index (χ2n) is 5.46. The lowest BCUT2D eigenvalue weighted by Crippen LogP contribution is -2.41. The predicted molar refractivity (Wildman–Crippen MR) is 99.2 cm³/mol. The molecule has 0 aliphatic heterocycles. The number of para-hydroxylation sites is 1. The molecule has 0 aliphatic carbocycles. The molecule has 1 amide bonds. The Bertz CT molecular complexity index is 810. The molecule has 0 aliphatic rings. The van der Waals surface area contributed by atoms with E-state index in [2.05, 4.69) is 15.9 Å². The van der Waals surface area contributed by atoms with Crippen LogP contribution in [0.25, 0.3) is 0 Å². The van der Waals surface area contributed by atoms with Crippen molar-refractivity contribution in [1.29, 1.82) is 0 Å². The molecule has 128 valence electrons. The van der Waals surface area contributed by atoms with E-state index in [1.54, 1.807) is 31.3 Å². The van der Waals surface area contributed by atoms with Crippen LogP contribution >= 0.6 is 15.9 Å². The molecule has 0 N–H and O–H groups in total. The molecular weight excluding hydrogens is 392 g/mol. The summed E-state index contributed by atoms with van der Waals surface area (Å²) in [5.41, 5.74) is 1.43. The molecule has 0 unspecified atom stereocenters. The topological polar surface area (TPSA) is 57.7 Å². The summed E-state index contributed by atoms with van der Waals surface area (Å²) < 4.78 is 26.0.